The van der Waals surface area contributed by atoms with Gasteiger partial charge in [0.2, 0.25) is 0 Å². The maximum absolute atomic E-state index is 12.3. The second-order valence-electron chi connectivity index (χ2n) is 4.65. The third-order valence-electron chi connectivity index (χ3n) is 3.08. The molecule has 0 fully saturated rings. The summed E-state index contributed by atoms with van der Waals surface area (Å²) < 4.78 is 31.9. The SMILES string of the molecule is N#Cc1cccc(S(=O)(=O)Nc2cc3ccc[c]c3oc2=O)c1. The van der Waals surface area contributed by atoms with E-state index >= 15 is 0 Å². The van der Waals surface area contributed by atoms with Crippen molar-refractivity contribution in [2.75, 3.05) is 4.72 Å². The number of para-hydroxylation sites is 1. The molecule has 0 saturated carbocycles. The fraction of sp³-hybridized carbons (Fsp3) is 0. The van der Waals surface area contributed by atoms with E-state index in [0.29, 0.717) is 5.39 Å². The molecule has 0 unspecified atom stereocenters. The van der Waals surface area contributed by atoms with Crippen LogP contribution in [0.25, 0.3) is 11.0 Å². The number of rotatable bonds is 3. The van der Waals surface area contributed by atoms with Crippen LogP contribution in [0.15, 0.2) is 62.6 Å². The van der Waals surface area contributed by atoms with Crippen LogP contribution in [0.3, 0.4) is 0 Å². The van der Waals surface area contributed by atoms with Crippen molar-refractivity contribution < 1.29 is 12.8 Å². The fourth-order valence-electron chi connectivity index (χ4n) is 2.01. The third kappa shape index (κ3) is 2.93. The van der Waals surface area contributed by atoms with Crippen LogP contribution in [0.2, 0.25) is 0 Å². The summed E-state index contributed by atoms with van der Waals surface area (Å²) in [6, 6.07) is 16.4. The smallest absolute Gasteiger partial charge is 0.360 e. The van der Waals surface area contributed by atoms with E-state index in [0.717, 1.165) is 0 Å². The van der Waals surface area contributed by atoms with Gasteiger partial charge in [0.15, 0.2) is 0 Å². The molecule has 113 valence electrons. The molecule has 0 aliphatic carbocycles. The molecule has 0 aliphatic rings. The average molecular weight is 325 g/mol. The van der Waals surface area contributed by atoms with Crippen LogP contribution >= 0.6 is 0 Å². The zero-order valence-electron chi connectivity index (χ0n) is 11.6. The third-order valence-corrected chi connectivity index (χ3v) is 4.44. The van der Waals surface area contributed by atoms with Crippen LogP contribution in [0.5, 0.6) is 0 Å². The van der Waals surface area contributed by atoms with Gasteiger partial charge in [-0.2, -0.15) is 5.26 Å². The van der Waals surface area contributed by atoms with Crippen LogP contribution in [-0.2, 0) is 10.0 Å². The Morgan fingerprint density at radius 2 is 2.00 bits per heavy atom. The van der Waals surface area contributed by atoms with Crippen molar-refractivity contribution >= 4 is 26.7 Å². The van der Waals surface area contributed by atoms with Gasteiger partial charge in [-0.3, -0.25) is 4.72 Å². The van der Waals surface area contributed by atoms with Crippen LogP contribution < -0.4 is 10.3 Å². The minimum Gasteiger partial charge on any atom is -0.421 e. The number of nitrogens with zero attached hydrogens (tertiary/aromatic N) is 1. The van der Waals surface area contributed by atoms with Gasteiger partial charge in [0.1, 0.15) is 11.3 Å². The molecule has 0 aliphatic heterocycles. The molecule has 1 aromatic heterocycles. The minimum absolute atomic E-state index is 0.115. The number of benzene rings is 2. The van der Waals surface area contributed by atoms with Crippen LogP contribution in [0.1, 0.15) is 5.56 Å². The zero-order chi connectivity index (χ0) is 16.4. The standard InChI is InChI=1S/C16H9N2O4S/c17-10-11-4-3-6-13(8-11)23(20,21)18-14-9-12-5-1-2-7-15(12)22-16(14)19/h1-6,8-9,18H. The van der Waals surface area contributed by atoms with E-state index in [9.17, 15) is 13.2 Å². The van der Waals surface area contributed by atoms with Crippen LogP contribution in [0.4, 0.5) is 5.69 Å². The minimum atomic E-state index is -4.01. The summed E-state index contributed by atoms with van der Waals surface area (Å²) in [6.45, 7) is 0. The second kappa shape index (κ2) is 5.59. The van der Waals surface area contributed by atoms with Gasteiger partial charge in [0.05, 0.1) is 16.5 Å². The molecule has 6 nitrogen and oxygen atoms in total. The van der Waals surface area contributed by atoms with E-state index in [4.69, 9.17) is 9.68 Å². The van der Waals surface area contributed by atoms with Gasteiger partial charge < -0.3 is 4.42 Å². The maximum atomic E-state index is 12.3. The number of hydrogen-bond acceptors (Lipinski definition) is 5. The predicted molar refractivity (Wildman–Crippen MR) is 83.3 cm³/mol. The molecule has 3 rings (SSSR count). The van der Waals surface area contributed by atoms with E-state index in [1.54, 1.807) is 18.2 Å². The Kier molecular flexibility index (Phi) is 3.60. The normalized spacial score (nSPS) is 11.1. The van der Waals surface area contributed by atoms with Crippen molar-refractivity contribution in [2.45, 2.75) is 4.90 Å². The highest BCUT2D eigenvalue weighted by atomic mass is 32.2. The van der Waals surface area contributed by atoms with Gasteiger partial charge in [0, 0.05) is 11.5 Å². The lowest BCUT2D eigenvalue weighted by Crippen LogP contribution is -2.18. The molecule has 0 spiro atoms. The lowest BCUT2D eigenvalue weighted by molar-refractivity contribution is 0.562. The summed E-state index contributed by atoms with van der Waals surface area (Å²) in [6.07, 6.45) is 0. The van der Waals surface area contributed by atoms with E-state index in [1.807, 2.05) is 6.07 Å². The van der Waals surface area contributed by atoms with Gasteiger partial charge in [-0.15, -0.1) is 0 Å². The Morgan fingerprint density at radius 3 is 2.78 bits per heavy atom. The average Bonchev–Trinajstić information content (AvgIpc) is 2.55. The summed E-state index contributed by atoms with van der Waals surface area (Å²) in [7, 11) is -4.01. The molecule has 7 heteroatoms. The zero-order valence-corrected chi connectivity index (χ0v) is 12.4. The number of fused-ring (bicyclic) bond motifs is 1. The van der Waals surface area contributed by atoms with E-state index in [1.165, 1.54) is 30.3 Å². The first-order valence-electron chi connectivity index (χ1n) is 6.47. The summed E-state index contributed by atoms with van der Waals surface area (Å²) in [5, 5.41) is 9.38. The van der Waals surface area contributed by atoms with Crippen molar-refractivity contribution in [3.05, 3.63) is 70.6 Å². The lowest BCUT2D eigenvalue weighted by Gasteiger charge is -2.07. The molecule has 2 aromatic carbocycles. The summed E-state index contributed by atoms with van der Waals surface area (Å²) in [4.78, 5) is 11.8. The first kappa shape index (κ1) is 14.8. The van der Waals surface area contributed by atoms with Gasteiger partial charge >= 0.3 is 5.63 Å². The molecule has 0 saturated heterocycles. The first-order valence-corrected chi connectivity index (χ1v) is 7.95. The van der Waals surface area contributed by atoms with Crippen molar-refractivity contribution in [1.82, 2.24) is 0 Å². The summed E-state index contributed by atoms with van der Waals surface area (Å²) >= 11 is 0. The molecular formula is C16H9N2O4S. The van der Waals surface area contributed by atoms with Crippen molar-refractivity contribution in [1.29, 1.82) is 5.26 Å². The Morgan fingerprint density at radius 1 is 1.17 bits per heavy atom. The molecule has 0 bridgehead atoms. The number of nitriles is 1. The first-order chi connectivity index (χ1) is 11.0. The Bertz CT molecular complexity index is 1090. The molecule has 1 radical (unpaired) electrons. The maximum Gasteiger partial charge on any atom is 0.360 e. The van der Waals surface area contributed by atoms with Crippen molar-refractivity contribution in [2.24, 2.45) is 0 Å². The number of anilines is 1. The largest absolute Gasteiger partial charge is 0.421 e. The monoisotopic (exact) mass is 325 g/mol. The molecule has 23 heavy (non-hydrogen) atoms. The molecule has 3 aromatic rings. The van der Waals surface area contributed by atoms with E-state index in [-0.39, 0.29) is 21.7 Å². The molecule has 1 heterocycles. The van der Waals surface area contributed by atoms with Gasteiger partial charge in [0.25, 0.3) is 10.0 Å². The second-order valence-corrected chi connectivity index (χ2v) is 6.33. The highest BCUT2D eigenvalue weighted by molar-refractivity contribution is 7.92. The lowest BCUT2D eigenvalue weighted by atomic mass is 10.2. The molecule has 0 amide bonds. The number of hydrogen-bond donors (Lipinski definition) is 1. The Hall–Kier alpha value is -3.11. The van der Waals surface area contributed by atoms with Gasteiger partial charge in [-0.25, -0.2) is 13.2 Å². The Labute approximate surface area is 131 Å². The molecular weight excluding hydrogens is 316 g/mol. The van der Waals surface area contributed by atoms with Crippen molar-refractivity contribution in [3.8, 4) is 6.07 Å². The van der Waals surface area contributed by atoms with E-state index < -0.39 is 15.6 Å². The van der Waals surface area contributed by atoms with Crippen LogP contribution in [-0.4, -0.2) is 8.42 Å². The fourth-order valence-corrected chi connectivity index (χ4v) is 3.10. The summed E-state index contributed by atoms with van der Waals surface area (Å²) in [5.74, 6) is 0. The van der Waals surface area contributed by atoms with Gasteiger partial charge in [-0.05, 0) is 24.3 Å². The quantitative estimate of drug-likeness (QED) is 0.745. The summed E-state index contributed by atoms with van der Waals surface area (Å²) in [5.41, 5.74) is -0.584. The van der Waals surface area contributed by atoms with Gasteiger partial charge in [-0.1, -0.05) is 24.3 Å². The van der Waals surface area contributed by atoms with Crippen molar-refractivity contribution in [3.63, 3.8) is 0 Å². The number of nitrogens with one attached hydrogen (secondary N) is 1. The number of sulfonamides is 1. The Balaban J connectivity index is 2.05. The highest BCUT2D eigenvalue weighted by Crippen LogP contribution is 2.18. The molecule has 1 N–H and O–H groups in total. The topological polar surface area (TPSA) is 100 Å². The predicted octanol–water partition coefficient (Wildman–Crippen LogP) is 2.27. The molecule has 0 atom stereocenters. The highest BCUT2D eigenvalue weighted by Gasteiger charge is 2.17. The van der Waals surface area contributed by atoms with E-state index in [2.05, 4.69) is 10.8 Å². The van der Waals surface area contributed by atoms with Crippen LogP contribution in [0, 0.1) is 17.4 Å².